The second-order valence-electron chi connectivity index (χ2n) is 7.30. The van der Waals surface area contributed by atoms with Gasteiger partial charge in [0.2, 0.25) is 10.0 Å². The van der Waals surface area contributed by atoms with Gasteiger partial charge in [-0.3, -0.25) is 9.78 Å². The Morgan fingerprint density at radius 1 is 1.03 bits per heavy atom. The Hall–Kier alpha value is -3.36. The van der Waals surface area contributed by atoms with Crippen LogP contribution in [0.1, 0.15) is 16.7 Å². The second-order valence-corrected chi connectivity index (χ2v) is 9.24. The third-order valence-corrected chi connectivity index (χ3v) is 6.76. The molecule has 0 aliphatic heterocycles. The molecule has 0 atom stereocenters. The van der Waals surface area contributed by atoms with E-state index in [1.807, 2.05) is 25.1 Å². The van der Waals surface area contributed by atoms with E-state index in [-0.39, 0.29) is 23.5 Å². The monoisotopic (exact) mass is 437 g/mol. The minimum absolute atomic E-state index is 0.0128. The van der Waals surface area contributed by atoms with E-state index in [2.05, 4.69) is 9.97 Å². The third kappa shape index (κ3) is 4.55. The van der Waals surface area contributed by atoms with Gasteiger partial charge in [0.15, 0.2) is 0 Å². The molecule has 1 N–H and O–H groups in total. The highest BCUT2D eigenvalue weighted by molar-refractivity contribution is 7.89. The van der Waals surface area contributed by atoms with Crippen LogP contribution >= 0.6 is 0 Å². The first-order chi connectivity index (χ1) is 14.8. The van der Waals surface area contributed by atoms with E-state index in [4.69, 9.17) is 0 Å². The second kappa shape index (κ2) is 8.41. The van der Waals surface area contributed by atoms with Crippen molar-refractivity contribution in [1.82, 2.24) is 14.3 Å². The molecule has 0 bridgehead atoms. The fraction of sp³-hybridized carbons (Fsp3) is 0.130. The lowest BCUT2D eigenvalue weighted by Crippen LogP contribution is -2.32. The standard InChI is InChI=1S/C23H20FN3O3S/c1-16-4-5-18-12-19(23(28)26-22(18)11-16)15-27(14-17-3-2-10-25-13-17)31(29,30)21-8-6-20(24)7-9-21/h2-13H,14-15H2,1H3,(H,26,28). The van der Waals surface area contributed by atoms with Gasteiger partial charge in [0.25, 0.3) is 5.56 Å². The molecule has 158 valence electrons. The number of nitrogens with zero attached hydrogens (tertiary/aromatic N) is 2. The van der Waals surface area contributed by atoms with Crippen LogP contribution in [0.25, 0.3) is 10.9 Å². The predicted octanol–water partition coefficient (Wildman–Crippen LogP) is 3.76. The number of H-pyrrole nitrogens is 1. The van der Waals surface area contributed by atoms with Gasteiger partial charge in [0, 0.05) is 36.6 Å². The van der Waals surface area contributed by atoms with Crippen molar-refractivity contribution in [3.63, 3.8) is 0 Å². The van der Waals surface area contributed by atoms with E-state index < -0.39 is 15.8 Å². The number of nitrogens with one attached hydrogen (secondary N) is 1. The Kier molecular flexibility index (Phi) is 5.67. The van der Waals surface area contributed by atoms with Gasteiger partial charge in [0.05, 0.1) is 4.90 Å². The van der Waals surface area contributed by atoms with E-state index in [0.29, 0.717) is 16.6 Å². The fourth-order valence-corrected chi connectivity index (χ4v) is 4.75. The van der Waals surface area contributed by atoms with E-state index in [1.165, 1.54) is 16.4 Å². The smallest absolute Gasteiger partial charge is 0.252 e. The molecule has 0 fully saturated rings. The van der Waals surface area contributed by atoms with Crippen LogP contribution in [0.4, 0.5) is 4.39 Å². The molecule has 0 saturated carbocycles. The number of fused-ring (bicyclic) bond motifs is 1. The molecule has 31 heavy (non-hydrogen) atoms. The number of halogens is 1. The summed E-state index contributed by atoms with van der Waals surface area (Å²) in [5.41, 5.74) is 2.32. The first kappa shape index (κ1) is 20.9. The molecule has 2 aromatic heterocycles. The van der Waals surface area contributed by atoms with Crippen molar-refractivity contribution in [1.29, 1.82) is 0 Å². The third-order valence-electron chi connectivity index (χ3n) is 4.96. The van der Waals surface area contributed by atoms with Gasteiger partial charge in [-0.25, -0.2) is 12.8 Å². The Balaban J connectivity index is 1.77. The quantitative estimate of drug-likeness (QED) is 0.498. The Morgan fingerprint density at radius 3 is 2.52 bits per heavy atom. The minimum Gasteiger partial charge on any atom is -0.322 e. The van der Waals surface area contributed by atoms with Crippen LogP contribution in [-0.4, -0.2) is 22.7 Å². The first-order valence-corrected chi connectivity index (χ1v) is 11.0. The van der Waals surface area contributed by atoms with Crippen LogP contribution in [0.3, 0.4) is 0 Å². The fourth-order valence-electron chi connectivity index (χ4n) is 3.34. The van der Waals surface area contributed by atoms with E-state index in [1.54, 1.807) is 30.6 Å². The van der Waals surface area contributed by atoms with Gasteiger partial charge in [-0.2, -0.15) is 4.31 Å². The first-order valence-electron chi connectivity index (χ1n) is 9.60. The maximum Gasteiger partial charge on any atom is 0.252 e. The molecule has 2 aromatic carbocycles. The lowest BCUT2D eigenvalue weighted by Gasteiger charge is -2.22. The van der Waals surface area contributed by atoms with E-state index in [9.17, 15) is 17.6 Å². The summed E-state index contributed by atoms with van der Waals surface area (Å²) in [6, 6.07) is 15.5. The molecule has 0 unspecified atom stereocenters. The van der Waals surface area contributed by atoms with Gasteiger partial charge in [0.1, 0.15) is 5.82 Å². The van der Waals surface area contributed by atoms with Crippen LogP contribution in [0.2, 0.25) is 0 Å². The van der Waals surface area contributed by atoms with Crippen molar-refractivity contribution >= 4 is 20.9 Å². The highest BCUT2D eigenvalue weighted by atomic mass is 32.2. The SMILES string of the molecule is Cc1ccc2cc(CN(Cc3cccnc3)S(=O)(=O)c3ccc(F)cc3)c(=O)[nH]c2c1. The molecule has 4 aromatic rings. The predicted molar refractivity (Wildman–Crippen MR) is 116 cm³/mol. The van der Waals surface area contributed by atoms with Crippen LogP contribution < -0.4 is 5.56 Å². The largest absolute Gasteiger partial charge is 0.322 e. The van der Waals surface area contributed by atoms with E-state index >= 15 is 0 Å². The Bertz CT molecular complexity index is 1390. The van der Waals surface area contributed by atoms with Crippen molar-refractivity contribution in [2.75, 3.05) is 0 Å². The molecule has 0 spiro atoms. The average molecular weight is 437 g/mol. The van der Waals surface area contributed by atoms with Gasteiger partial charge in [-0.1, -0.05) is 18.2 Å². The summed E-state index contributed by atoms with van der Waals surface area (Å²) in [6.45, 7) is 1.79. The summed E-state index contributed by atoms with van der Waals surface area (Å²) in [6.07, 6.45) is 3.17. The molecule has 0 aliphatic carbocycles. The van der Waals surface area contributed by atoms with Crippen molar-refractivity contribution in [2.24, 2.45) is 0 Å². The lowest BCUT2D eigenvalue weighted by atomic mass is 10.1. The van der Waals surface area contributed by atoms with E-state index in [0.717, 1.165) is 23.1 Å². The number of hydrogen-bond donors (Lipinski definition) is 1. The zero-order valence-electron chi connectivity index (χ0n) is 16.7. The van der Waals surface area contributed by atoms with Crippen LogP contribution in [-0.2, 0) is 23.1 Å². The Labute approximate surface area is 179 Å². The molecular formula is C23H20FN3O3S. The van der Waals surface area contributed by atoms with Crippen molar-refractivity contribution in [3.05, 3.63) is 106 Å². The number of rotatable bonds is 6. The van der Waals surface area contributed by atoms with Crippen LogP contribution in [0.5, 0.6) is 0 Å². The highest BCUT2D eigenvalue weighted by Gasteiger charge is 2.26. The summed E-state index contributed by atoms with van der Waals surface area (Å²) < 4.78 is 41.2. The van der Waals surface area contributed by atoms with Gasteiger partial charge in [-0.15, -0.1) is 0 Å². The van der Waals surface area contributed by atoms with Gasteiger partial charge >= 0.3 is 0 Å². The molecule has 4 rings (SSSR count). The van der Waals surface area contributed by atoms with Gasteiger partial charge < -0.3 is 4.98 Å². The molecule has 6 nitrogen and oxygen atoms in total. The molecule has 8 heteroatoms. The summed E-state index contributed by atoms with van der Waals surface area (Å²) in [5.74, 6) is -0.529. The number of pyridine rings is 2. The number of aromatic nitrogens is 2. The average Bonchev–Trinajstić information content (AvgIpc) is 2.75. The molecule has 2 heterocycles. The molecule has 0 aliphatic rings. The summed E-state index contributed by atoms with van der Waals surface area (Å²) in [7, 11) is -4.00. The number of aromatic amines is 1. The zero-order chi connectivity index (χ0) is 22.0. The lowest BCUT2D eigenvalue weighted by molar-refractivity contribution is 0.399. The highest BCUT2D eigenvalue weighted by Crippen LogP contribution is 2.22. The number of sulfonamides is 1. The van der Waals surface area contributed by atoms with Crippen molar-refractivity contribution in [2.45, 2.75) is 24.9 Å². The zero-order valence-corrected chi connectivity index (χ0v) is 17.6. The Morgan fingerprint density at radius 2 is 1.81 bits per heavy atom. The number of hydrogen-bond acceptors (Lipinski definition) is 4. The van der Waals surface area contributed by atoms with Crippen LogP contribution in [0, 0.1) is 12.7 Å². The topological polar surface area (TPSA) is 83.1 Å². The maximum atomic E-state index is 13.3. The van der Waals surface area contributed by atoms with Crippen molar-refractivity contribution < 1.29 is 12.8 Å². The normalized spacial score (nSPS) is 11.8. The molecule has 0 saturated heterocycles. The summed E-state index contributed by atoms with van der Waals surface area (Å²) >= 11 is 0. The summed E-state index contributed by atoms with van der Waals surface area (Å²) in [5, 5.41) is 0.806. The summed E-state index contributed by atoms with van der Waals surface area (Å²) in [4.78, 5) is 19.5. The number of aryl methyl sites for hydroxylation is 1. The minimum atomic E-state index is -4.00. The molecule has 0 radical (unpaired) electrons. The van der Waals surface area contributed by atoms with Crippen molar-refractivity contribution in [3.8, 4) is 0 Å². The van der Waals surface area contributed by atoms with Crippen LogP contribution in [0.15, 0.2) is 82.7 Å². The van der Waals surface area contributed by atoms with Gasteiger partial charge in [-0.05, 0) is 65.9 Å². The maximum absolute atomic E-state index is 13.3. The molecular weight excluding hydrogens is 417 g/mol. The number of benzene rings is 2. The molecule has 0 amide bonds.